The molecule has 0 unspecified atom stereocenters. The second-order valence-corrected chi connectivity index (χ2v) is 8.28. The lowest BCUT2D eigenvalue weighted by molar-refractivity contribution is 0.662. The van der Waals surface area contributed by atoms with Crippen LogP contribution in [0.15, 0.2) is 67.3 Å². The van der Waals surface area contributed by atoms with Crippen molar-refractivity contribution in [2.45, 2.75) is 26.3 Å². The average Bonchev–Trinajstić information content (AvgIpc) is 3.12. The van der Waals surface area contributed by atoms with E-state index in [1.807, 2.05) is 35.3 Å². The summed E-state index contributed by atoms with van der Waals surface area (Å²) in [4.78, 5) is 16.2. The third kappa shape index (κ3) is 4.93. The Morgan fingerprint density at radius 1 is 1.00 bits per heavy atom. The summed E-state index contributed by atoms with van der Waals surface area (Å²) in [6.07, 6.45) is 9.39. The molecule has 3 aromatic heterocycles. The van der Waals surface area contributed by atoms with Crippen LogP contribution in [0, 0.1) is 0 Å². The molecule has 4 aromatic rings. The third-order valence-corrected chi connectivity index (χ3v) is 6.01. The van der Waals surface area contributed by atoms with Crippen LogP contribution in [-0.2, 0) is 13.0 Å². The molecule has 1 N–H and O–H groups in total. The van der Waals surface area contributed by atoms with Gasteiger partial charge in [-0.15, -0.1) is 0 Å². The highest BCUT2D eigenvalue weighted by Gasteiger charge is 2.15. The van der Waals surface area contributed by atoms with Crippen molar-refractivity contribution in [3.05, 3.63) is 78.6 Å². The molecule has 1 aromatic carbocycles. The molecule has 33 heavy (non-hydrogen) atoms. The molecular weight excluding hydrogens is 410 g/mol. The number of anilines is 1. The Hall–Kier alpha value is -3.58. The largest absolute Gasteiger partial charge is 0.370 e. The van der Waals surface area contributed by atoms with Crippen LogP contribution in [0.1, 0.15) is 24.7 Å². The summed E-state index contributed by atoms with van der Waals surface area (Å²) in [5, 5.41) is 8.22. The Kier molecular flexibility index (Phi) is 6.39. The zero-order valence-corrected chi connectivity index (χ0v) is 19.0. The van der Waals surface area contributed by atoms with Crippen LogP contribution in [-0.4, -0.2) is 50.9 Å². The Bertz CT molecular complexity index is 1180. The number of nitrogens with one attached hydrogen (secondary N) is 1. The van der Waals surface area contributed by atoms with E-state index in [2.05, 4.69) is 57.6 Å². The first-order valence-corrected chi connectivity index (χ1v) is 11.6. The minimum absolute atomic E-state index is 0.694. The summed E-state index contributed by atoms with van der Waals surface area (Å²) in [6.45, 7) is 7.17. The number of rotatable bonds is 6. The Balaban J connectivity index is 1.38. The molecule has 0 saturated carbocycles. The van der Waals surface area contributed by atoms with Gasteiger partial charge in [-0.3, -0.25) is 9.67 Å². The molecule has 7 heteroatoms. The van der Waals surface area contributed by atoms with Gasteiger partial charge in [0.05, 0.1) is 5.69 Å². The van der Waals surface area contributed by atoms with E-state index in [4.69, 9.17) is 10.1 Å². The normalized spacial score (nSPS) is 14.3. The maximum Gasteiger partial charge on any atom is 0.133 e. The molecule has 0 atom stereocenters. The molecule has 5 rings (SSSR count). The van der Waals surface area contributed by atoms with E-state index in [-0.39, 0.29) is 0 Å². The van der Waals surface area contributed by atoms with Crippen LogP contribution in [0.4, 0.5) is 5.69 Å². The van der Waals surface area contributed by atoms with Crippen LogP contribution >= 0.6 is 0 Å². The summed E-state index contributed by atoms with van der Waals surface area (Å²) < 4.78 is 1.94. The topological polar surface area (TPSA) is 71.8 Å². The third-order valence-electron chi connectivity index (χ3n) is 6.01. The monoisotopic (exact) mass is 439 g/mol. The van der Waals surface area contributed by atoms with E-state index in [1.54, 1.807) is 6.20 Å². The minimum Gasteiger partial charge on any atom is -0.370 e. The van der Waals surface area contributed by atoms with Gasteiger partial charge in [-0.2, -0.15) is 5.10 Å². The van der Waals surface area contributed by atoms with Crippen molar-refractivity contribution >= 4 is 5.69 Å². The van der Waals surface area contributed by atoms with E-state index in [0.29, 0.717) is 6.42 Å². The number of aromatic nitrogens is 5. The van der Waals surface area contributed by atoms with E-state index < -0.39 is 0 Å². The number of aryl methyl sites for hydroxylation is 1. The van der Waals surface area contributed by atoms with Crippen molar-refractivity contribution in [1.29, 1.82) is 0 Å². The minimum atomic E-state index is 0.694. The Morgan fingerprint density at radius 3 is 2.73 bits per heavy atom. The van der Waals surface area contributed by atoms with Gasteiger partial charge in [-0.1, -0.05) is 12.1 Å². The van der Waals surface area contributed by atoms with Gasteiger partial charge >= 0.3 is 0 Å². The first kappa shape index (κ1) is 21.3. The summed E-state index contributed by atoms with van der Waals surface area (Å²) >= 11 is 0. The van der Waals surface area contributed by atoms with Gasteiger partial charge in [0, 0.05) is 74.2 Å². The highest BCUT2D eigenvalue weighted by molar-refractivity contribution is 5.78. The summed E-state index contributed by atoms with van der Waals surface area (Å²) in [5.74, 6) is 0.806. The molecule has 1 saturated heterocycles. The van der Waals surface area contributed by atoms with Gasteiger partial charge in [0.1, 0.15) is 11.5 Å². The predicted molar refractivity (Wildman–Crippen MR) is 131 cm³/mol. The number of pyridine rings is 1. The van der Waals surface area contributed by atoms with Crippen LogP contribution in [0.3, 0.4) is 0 Å². The van der Waals surface area contributed by atoms with Crippen LogP contribution < -0.4 is 10.2 Å². The fourth-order valence-corrected chi connectivity index (χ4v) is 4.23. The highest BCUT2D eigenvalue weighted by Crippen LogP contribution is 2.29. The summed E-state index contributed by atoms with van der Waals surface area (Å²) in [5.41, 5.74) is 6.25. The number of nitrogens with zero attached hydrogens (tertiary/aromatic N) is 6. The molecule has 0 amide bonds. The first-order valence-electron chi connectivity index (χ1n) is 11.6. The summed E-state index contributed by atoms with van der Waals surface area (Å²) in [6, 6.07) is 14.7. The first-order chi connectivity index (χ1) is 16.3. The zero-order valence-electron chi connectivity index (χ0n) is 19.0. The van der Waals surface area contributed by atoms with E-state index in [0.717, 1.165) is 61.1 Å². The second-order valence-electron chi connectivity index (χ2n) is 8.28. The lowest BCUT2D eigenvalue weighted by Crippen LogP contribution is -2.27. The van der Waals surface area contributed by atoms with Gasteiger partial charge in [0.2, 0.25) is 0 Å². The molecule has 168 valence electrons. The molecule has 1 aliphatic rings. The van der Waals surface area contributed by atoms with Crippen molar-refractivity contribution in [2.75, 3.05) is 31.1 Å². The van der Waals surface area contributed by atoms with Crippen molar-refractivity contribution in [3.63, 3.8) is 0 Å². The molecular formula is C26H29N7. The fourth-order valence-electron chi connectivity index (χ4n) is 4.23. The van der Waals surface area contributed by atoms with Gasteiger partial charge in [-0.25, -0.2) is 9.97 Å². The molecule has 0 bridgehead atoms. The van der Waals surface area contributed by atoms with Crippen molar-refractivity contribution < 1.29 is 0 Å². The Morgan fingerprint density at radius 2 is 1.91 bits per heavy atom. The molecule has 0 spiro atoms. The maximum atomic E-state index is 4.89. The maximum absolute atomic E-state index is 4.89. The molecule has 0 aliphatic carbocycles. The van der Waals surface area contributed by atoms with E-state index >= 15 is 0 Å². The zero-order chi connectivity index (χ0) is 22.5. The van der Waals surface area contributed by atoms with Gasteiger partial charge < -0.3 is 10.2 Å². The number of benzene rings is 1. The van der Waals surface area contributed by atoms with Gasteiger partial charge in [0.25, 0.3) is 0 Å². The molecule has 0 radical (unpaired) electrons. The smallest absolute Gasteiger partial charge is 0.133 e. The van der Waals surface area contributed by atoms with Gasteiger partial charge in [0.15, 0.2) is 0 Å². The van der Waals surface area contributed by atoms with Crippen molar-refractivity contribution in [1.82, 2.24) is 30.0 Å². The second kappa shape index (κ2) is 9.92. The average molecular weight is 440 g/mol. The molecule has 1 fully saturated rings. The Labute approximate surface area is 194 Å². The predicted octanol–water partition coefficient (Wildman–Crippen LogP) is 3.81. The van der Waals surface area contributed by atoms with E-state index in [9.17, 15) is 0 Å². The molecule has 7 nitrogen and oxygen atoms in total. The standard InChI is InChI=1S/C26H29N7/c1-2-33-19-23(26(31-33)21-5-3-11-28-18-21)24-10-13-29-25(30-24)17-20-6-8-22(9-7-20)32-15-4-12-27-14-16-32/h3,5-11,13,18-19,27H,2,4,12,14-17H2,1H3. The lowest BCUT2D eigenvalue weighted by atomic mass is 10.1. The number of hydrogen-bond donors (Lipinski definition) is 1. The van der Waals surface area contributed by atoms with Crippen LogP contribution in [0.2, 0.25) is 0 Å². The number of hydrogen-bond acceptors (Lipinski definition) is 6. The SMILES string of the molecule is CCn1cc(-c2ccnc(Cc3ccc(N4CCCNCC4)cc3)n2)c(-c2cccnc2)n1. The molecule has 4 heterocycles. The highest BCUT2D eigenvalue weighted by atomic mass is 15.3. The van der Waals surface area contributed by atoms with Crippen molar-refractivity contribution in [2.24, 2.45) is 0 Å². The fraction of sp³-hybridized carbons (Fsp3) is 0.308. The van der Waals surface area contributed by atoms with E-state index in [1.165, 1.54) is 17.7 Å². The van der Waals surface area contributed by atoms with Gasteiger partial charge in [-0.05, 0) is 55.8 Å². The summed E-state index contributed by atoms with van der Waals surface area (Å²) in [7, 11) is 0. The van der Waals surface area contributed by atoms with Crippen LogP contribution in [0.5, 0.6) is 0 Å². The quantitative estimate of drug-likeness (QED) is 0.493. The van der Waals surface area contributed by atoms with Crippen LogP contribution in [0.25, 0.3) is 22.5 Å². The van der Waals surface area contributed by atoms with Crippen molar-refractivity contribution in [3.8, 4) is 22.5 Å². The lowest BCUT2D eigenvalue weighted by Gasteiger charge is -2.22. The molecule has 1 aliphatic heterocycles.